The molecule has 0 heterocycles. The highest BCUT2D eigenvalue weighted by Crippen LogP contribution is 2.33. The summed E-state index contributed by atoms with van der Waals surface area (Å²) in [5.74, 6) is 0.993. The van der Waals surface area contributed by atoms with Gasteiger partial charge < -0.3 is 14.9 Å². The van der Waals surface area contributed by atoms with Crippen molar-refractivity contribution < 1.29 is 14.9 Å². The van der Waals surface area contributed by atoms with Crippen LogP contribution in [-0.2, 0) is 6.42 Å². The zero-order valence-electron chi connectivity index (χ0n) is 14.8. The number of aryl methyl sites for hydroxylation is 1. The number of phenolic OH excluding ortho intramolecular Hbond substituents is 1. The molecule has 0 aliphatic heterocycles. The fourth-order valence-electron chi connectivity index (χ4n) is 3.65. The van der Waals surface area contributed by atoms with Crippen LogP contribution in [0.5, 0.6) is 11.5 Å². The molecule has 1 aliphatic carbocycles. The van der Waals surface area contributed by atoms with Crippen molar-refractivity contribution >= 4 is 0 Å². The number of phenols is 1. The third-order valence-corrected chi connectivity index (χ3v) is 4.91. The molecule has 2 aromatic rings. The number of aliphatic hydroxyl groups is 1. The summed E-state index contributed by atoms with van der Waals surface area (Å²) in [6.07, 6.45) is 2.59. The summed E-state index contributed by atoms with van der Waals surface area (Å²) >= 11 is 0. The van der Waals surface area contributed by atoms with Crippen molar-refractivity contribution in [1.29, 1.82) is 0 Å². The number of nitrogens with zero attached hydrogens (tertiary/aromatic N) is 1. The summed E-state index contributed by atoms with van der Waals surface area (Å²) < 4.78 is 5.80. The molecule has 0 spiro atoms. The van der Waals surface area contributed by atoms with Crippen molar-refractivity contribution in [3.63, 3.8) is 0 Å². The van der Waals surface area contributed by atoms with Crippen molar-refractivity contribution in [3.05, 3.63) is 59.7 Å². The Hall–Kier alpha value is -2.04. The molecule has 0 amide bonds. The zero-order chi connectivity index (χ0) is 17.6. The number of hydrogen-bond acceptors (Lipinski definition) is 4. The fourth-order valence-corrected chi connectivity index (χ4v) is 3.65. The van der Waals surface area contributed by atoms with E-state index in [2.05, 4.69) is 17.9 Å². The van der Waals surface area contributed by atoms with Crippen LogP contribution < -0.4 is 4.74 Å². The van der Waals surface area contributed by atoms with Crippen LogP contribution in [0.25, 0.3) is 0 Å². The van der Waals surface area contributed by atoms with Gasteiger partial charge in [0.2, 0.25) is 0 Å². The van der Waals surface area contributed by atoms with Gasteiger partial charge >= 0.3 is 0 Å². The molecule has 0 fully saturated rings. The molecule has 4 nitrogen and oxygen atoms in total. The maximum Gasteiger partial charge on any atom is 0.119 e. The van der Waals surface area contributed by atoms with Crippen molar-refractivity contribution in [2.75, 3.05) is 19.7 Å². The van der Waals surface area contributed by atoms with Crippen LogP contribution in [0.4, 0.5) is 0 Å². The lowest BCUT2D eigenvalue weighted by molar-refractivity contribution is 0.0292. The minimum Gasteiger partial charge on any atom is -0.508 e. The van der Waals surface area contributed by atoms with E-state index >= 15 is 0 Å². The quantitative estimate of drug-likeness (QED) is 0.809. The third kappa shape index (κ3) is 4.33. The Morgan fingerprint density at radius 3 is 2.60 bits per heavy atom. The van der Waals surface area contributed by atoms with Crippen molar-refractivity contribution in [1.82, 2.24) is 4.90 Å². The highest BCUT2D eigenvalue weighted by atomic mass is 16.5. The lowest BCUT2D eigenvalue weighted by atomic mass is 9.85. The predicted molar refractivity (Wildman–Crippen MR) is 99.0 cm³/mol. The van der Waals surface area contributed by atoms with Gasteiger partial charge in [-0.2, -0.15) is 0 Å². The molecule has 2 atom stereocenters. The summed E-state index contributed by atoms with van der Waals surface area (Å²) in [6, 6.07) is 15.1. The Bertz CT molecular complexity index is 671. The number of aliphatic hydroxyl groups excluding tert-OH is 1. The smallest absolute Gasteiger partial charge is 0.119 e. The molecule has 3 rings (SSSR count). The summed E-state index contributed by atoms with van der Waals surface area (Å²) in [6.45, 7) is 4.45. The van der Waals surface area contributed by atoms with E-state index in [9.17, 15) is 10.2 Å². The number of benzene rings is 2. The number of rotatable bonds is 7. The zero-order valence-corrected chi connectivity index (χ0v) is 14.8. The largest absolute Gasteiger partial charge is 0.508 e. The highest BCUT2D eigenvalue weighted by Gasteiger charge is 2.31. The van der Waals surface area contributed by atoms with Crippen LogP contribution in [0, 0.1) is 0 Å². The second kappa shape index (κ2) is 8.37. The SMILES string of the molecule is CCCN(CCOc1ccc(O)cc1)C1CCc2ccccc2C1O. The van der Waals surface area contributed by atoms with Gasteiger partial charge in [-0.3, -0.25) is 4.90 Å². The third-order valence-electron chi connectivity index (χ3n) is 4.91. The Morgan fingerprint density at radius 1 is 1.08 bits per heavy atom. The number of aromatic hydroxyl groups is 1. The van der Waals surface area contributed by atoms with Crippen LogP contribution in [0.1, 0.15) is 37.0 Å². The topological polar surface area (TPSA) is 52.9 Å². The summed E-state index contributed by atoms with van der Waals surface area (Å²) in [4.78, 5) is 2.35. The molecular formula is C21H27NO3. The van der Waals surface area contributed by atoms with Gasteiger partial charge in [0.1, 0.15) is 18.1 Å². The maximum atomic E-state index is 10.9. The van der Waals surface area contributed by atoms with Gasteiger partial charge in [0.25, 0.3) is 0 Å². The Balaban J connectivity index is 1.62. The summed E-state index contributed by atoms with van der Waals surface area (Å²) in [5, 5.41) is 20.2. The second-order valence-corrected chi connectivity index (χ2v) is 6.63. The minimum atomic E-state index is -0.440. The van der Waals surface area contributed by atoms with E-state index in [1.807, 2.05) is 18.2 Å². The monoisotopic (exact) mass is 341 g/mol. The van der Waals surface area contributed by atoms with E-state index in [0.29, 0.717) is 6.61 Å². The molecule has 1 aliphatic rings. The second-order valence-electron chi connectivity index (χ2n) is 6.63. The number of fused-ring (bicyclic) bond motifs is 1. The van der Waals surface area contributed by atoms with Crippen LogP contribution >= 0.6 is 0 Å². The van der Waals surface area contributed by atoms with E-state index in [1.165, 1.54) is 5.56 Å². The predicted octanol–water partition coefficient (Wildman–Crippen LogP) is 3.53. The van der Waals surface area contributed by atoms with Crippen LogP contribution in [-0.4, -0.2) is 40.9 Å². The van der Waals surface area contributed by atoms with Crippen molar-refractivity contribution in [3.8, 4) is 11.5 Å². The lowest BCUT2D eigenvalue weighted by Gasteiger charge is -2.38. The van der Waals surface area contributed by atoms with E-state index in [0.717, 1.165) is 43.7 Å². The number of hydrogen-bond donors (Lipinski definition) is 2. The van der Waals surface area contributed by atoms with Crippen molar-refractivity contribution in [2.45, 2.75) is 38.3 Å². The lowest BCUT2D eigenvalue weighted by Crippen LogP contribution is -2.44. The molecular weight excluding hydrogens is 314 g/mol. The fraction of sp³-hybridized carbons (Fsp3) is 0.429. The van der Waals surface area contributed by atoms with E-state index in [-0.39, 0.29) is 11.8 Å². The normalized spacial score (nSPS) is 19.6. The van der Waals surface area contributed by atoms with Crippen LogP contribution in [0.3, 0.4) is 0 Å². The molecule has 2 N–H and O–H groups in total. The van der Waals surface area contributed by atoms with Gasteiger partial charge in [-0.25, -0.2) is 0 Å². The molecule has 4 heteroatoms. The molecule has 134 valence electrons. The Morgan fingerprint density at radius 2 is 1.84 bits per heavy atom. The van der Waals surface area contributed by atoms with Gasteiger partial charge in [-0.15, -0.1) is 0 Å². The molecule has 0 radical (unpaired) electrons. The van der Waals surface area contributed by atoms with Crippen LogP contribution in [0.2, 0.25) is 0 Å². The van der Waals surface area contributed by atoms with Gasteiger partial charge in [-0.05, 0) is 61.2 Å². The van der Waals surface area contributed by atoms with E-state index in [4.69, 9.17) is 4.74 Å². The average molecular weight is 341 g/mol. The first kappa shape index (κ1) is 17.8. The molecule has 2 unspecified atom stereocenters. The van der Waals surface area contributed by atoms with E-state index < -0.39 is 6.10 Å². The Kier molecular flexibility index (Phi) is 5.95. The first-order valence-corrected chi connectivity index (χ1v) is 9.10. The molecule has 0 aromatic heterocycles. The molecule has 0 saturated carbocycles. The molecule has 25 heavy (non-hydrogen) atoms. The highest BCUT2D eigenvalue weighted by molar-refractivity contribution is 5.33. The van der Waals surface area contributed by atoms with Crippen LogP contribution in [0.15, 0.2) is 48.5 Å². The summed E-state index contributed by atoms with van der Waals surface area (Å²) in [7, 11) is 0. The first-order chi connectivity index (χ1) is 12.2. The van der Waals surface area contributed by atoms with Gasteiger partial charge in [0.05, 0.1) is 6.10 Å². The van der Waals surface area contributed by atoms with Gasteiger partial charge in [0.15, 0.2) is 0 Å². The van der Waals surface area contributed by atoms with Crippen molar-refractivity contribution in [2.24, 2.45) is 0 Å². The van der Waals surface area contributed by atoms with Gasteiger partial charge in [0, 0.05) is 12.6 Å². The van der Waals surface area contributed by atoms with E-state index in [1.54, 1.807) is 24.3 Å². The number of ether oxygens (including phenoxy) is 1. The molecule has 2 aromatic carbocycles. The molecule has 0 bridgehead atoms. The standard InChI is InChI=1S/C21H27NO3/c1-2-13-22(14-15-25-18-10-8-17(23)9-11-18)20-12-7-16-5-3-4-6-19(16)21(20)24/h3-6,8-11,20-21,23-24H,2,7,12-15H2,1H3. The average Bonchev–Trinajstić information content (AvgIpc) is 2.63. The molecule has 0 saturated heterocycles. The summed E-state index contributed by atoms with van der Waals surface area (Å²) in [5.41, 5.74) is 2.34. The van der Waals surface area contributed by atoms with Gasteiger partial charge in [-0.1, -0.05) is 31.2 Å². The minimum absolute atomic E-state index is 0.137. The first-order valence-electron chi connectivity index (χ1n) is 9.10. The Labute approximate surface area is 149 Å². The maximum absolute atomic E-state index is 10.9.